The molecule has 0 aliphatic rings. The maximum Gasteiger partial charge on any atom is 0.0366 e. The minimum atomic E-state index is 1.04. The van der Waals surface area contributed by atoms with Crippen LogP contribution in [0.25, 0.3) is 18.2 Å². The van der Waals surface area contributed by atoms with Crippen LogP contribution < -0.4 is 4.90 Å². The molecular formula is C20H23N. The van der Waals surface area contributed by atoms with E-state index in [4.69, 9.17) is 0 Å². The highest BCUT2D eigenvalue weighted by Gasteiger charge is 2.00. The van der Waals surface area contributed by atoms with Gasteiger partial charge >= 0.3 is 0 Å². The second kappa shape index (κ2) is 7.49. The number of hydrogen-bond acceptors (Lipinski definition) is 1. The summed E-state index contributed by atoms with van der Waals surface area (Å²) in [7, 11) is 0. The average molecular weight is 277 g/mol. The zero-order valence-corrected chi connectivity index (χ0v) is 12.9. The molecule has 1 heteroatoms. The summed E-state index contributed by atoms with van der Waals surface area (Å²) < 4.78 is 0. The molecule has 0 heterocycles. The van der Waals surface area contributed by atoms with E-state index in [1.165, 1.54) is 16.8 Å². The van der Waals surface area contributed by atoms with Crippen LogP contribution in [-0.4, -0.2) is 13.1 Å². The molecule has 2 rings (SSSR count). The van der Waals surface area contributed by atoms with Crippen LogP contribution in [0.5, 0.6) is 0 Å². The maximum atomic E-state index is 3.77. The summed E-state index contributed by atoms with van der Waals surface area (Å²) >= 11 is 0. The van der Waals surface area contributed by atoms with Gasteiger partial charge in [-0.1, -0.05) is 61.2 Å². The third-order valence-corrected chi connectivity index (χ3v) is 3.66. The van der Waals surface area contributed by atoms with E-state index >= 15 is 0 Å². The van der Waals surface area contributed by atoms with Crippen LogP contribution in [0.4, 0.5) is 5.69 Å². The van der Waals surface area contributed by atoms with Gasteiger partial charge in [0.2, 0.25) is 0 Å². The summed E-state index contributed by atoms with van der Waals surface area (Å²) in [5.74, 6) is 0. The van der Waals surface area contributed by atoms with E-state index in [0.717, 1.165) is 18.7 Å². The van der Waals surface area contributed by atoms with Crippen LogP contribution in [0.15, 0.2) is 55.1 Å². The molecule has 0 unspecified atom stereocenters. The largest absolute Gasteiger partial charge is 0.372 e. The minimum Gasteiger partial charge on any atom is -0.372 e. The molecular weight excluding hydrogens is 254 g/mol. The molecule has 0 fully saturated rings. The molecule has 0 aromatic heterocycles. The summed E-state index contributed by atoms with van der Waals surface area (Å²) in [6.45, 7) is 10.2. The van der Waals surface area contributed by atoms with Crippen molar-refractivity contribution in [1.29, 1.82) is 0 Å². The number of anilines is 1. The lowest BCUT2D eigenvalue weighted by molar-refractivity contribution is 0.866. The fourth-order valence-electron chi connectivity index (χ4n) is 2.32. The highest BCUT2D eigenvalue weighted by molar-refractivity contribution is 5.71. The van der Waals surface area contributed by atoms with Gasteiger partial charge in [-0.2, -0.15) is 0 Å². The van der Waals surface area contributed by atoms with Crippen molar-refractivity contribution >= 4 is 23.9 Å². The van der Waals surface area contributed by atoms with E-state index in [0.29, 0.717) is 0 Å². The summed E-state index contributed by atoms with van der Waals surface area (Å²) in [4.78, 5) is 2.35. The second-order valence-corrected chi connectivity index (χ2v) is 4.97. The quantitative estimate of drug-likeness (QED) is 0.644. The smallest absolute Gasteiger partial charge is 0.0366 e. The highest BCUT2D eigenvalue weighted by atomic mass is 15.1. The molecule has 0 saturated heterocycles. The van der Waals surface area contributed by atoms with Crippen molar-refractivity contribution in [2.24, 2.45) is 0 Å². The molecule has 0 aliphatic carbocycles. The van der Waals surface area contributed by atoms with Gasteiger partial charge in [0.25, 0.3) is 0 Å². The molecule has 0 N–H and O–H groups in total. The van der Waals surface area contributed by atoms with Crippen LogP contribution in [0.3, 0.4) is 0 Å². The lowest BCUT2D eigenvalue weighted by Gasteiger charge is -2.20. The van der Waals surface area contributed by atoms with Gasteiger partial charge < -0.3 is 4.90 Å². The number of hydrogen-bond donors (Lipinski definition) is 0. The van der Waals surface area contributed by atoms with Crippen LogP contribution in [0, 0.1) is 0 Å². The summed E-state index contributed by atoms with van der Waals surface area (Å²) in [6, 6.07) is 17.1. The third kappa shape index (κ3) is 4.09. The van der Waals surface area contributed by atoms with E-state index in [-0.39, 0.29) is 0 Å². The minimum absolute atomic E-state index is 1.04. The Balaban J connectivity index is 2.08. The fourth-order valence-corrected chi connectivity index (χ4v) is 2.32. The van der Waals surface area contributed by atoms with Crippen LogP contribution in [-0.2, 0) is 0 Å². The predicted octanol–water partition coefficient (Wildman–Crippen LogP) is 5.35. The first-order valence-electron chi connectivity index (χ1n) is 7.52. The molecule has 0 spiro atoms. The van der Waals surface area contributed by atoms with E-state index in [1.54, 1.807) is 0 Å². The molecule has 0 radical (unpaired) electrons. The zero-order chi connectivity index (χ0) is 15.1. The Morgan fingerprint density at radius 1 is 0.762 bits per heavy atom. The molecule has 2 aromatic carbocycles. The van der Waals surface area contributed by atoms with Crippen molar-refractivity contribution in [1.82, 2.24) is 0 Å². The second-order valence-electron chi connectivity index (χ2n) is 4.97. The van der Waals surface area contributed by atoms with Crippen molar-refractivity contribution in [3.05, 3.63) is 71.8 Å². The Morgan fingerprint density at radius 2 is 1.19 bits per heavy atom. The van der Waals surface area contributed by atoms with Gasteiger partial charge in [-0.15, -0.1) is 0 Å². The Bertz CT molecular complexity index is 587. The molecule has 0 saturated carbocycles. The molecule has 1 nitrogen and oxygen atoms in total. The first kappa shape index (κ1) is 15.1. The van der Waals surface area contributed by atoms with Crippen LogP contribution in [0.1, 0.15) is 30.5 Å². The molecule has 2 aromatic rings. The molecule has 21 heavy (non-hydrogen) atoms. The van der Waals surface area contributed by atoms with Gasteiger partial charge in [0.05, 0.1) is 0 Å². The van der Waals surface area contributed by atoms with Gasteiger partial charge in [-0.3, -0.25) is 0 Å². The molecule has 0 bridgehead atoms. The van der Waals surface area contributed by atoms with Crippen molar-refractivity contribution in [2.75, 3.05) is 18.0 Å². The third-order valence-electron chi connectivity index (χ3n) is 3.66. The molecule has 0 aliphatic heterocycles. The monoisotopic (exact) mass is 277 g/mol. The van der Waals surface area contributed by atoms with Gasteiger partial charge in [0.15, 0.2) is 0 Å². The first-order chi connectivity index (χ1) is 10.3. The number of rotatable bonds is 6. The Hall–Kier alpha value is -2.28. The lowest BCUT2D eigenvalue weighted by Crippen LogP contribution is -2.21. The SMILES string of the molecule is C=Cc1ccc(/C=C/c2ccc(N(CC)CC)cc2)cc1. The van der Waals surface area contributed by atoms with Crippen molar-refractivity contribution in [3.8, 4) is 0 Å². The lowest BCUT2D eigenvalue weighted by atomic mass is 10.1. The maximum absolute atomic E-state index is 3.77. The van der Waals surface area contributed by atoms with E-state index in [9.17, 15) is 0 Å². The van der Waals surface area contributed by atoms with Crippen molar-refractivity contribution in [3.63, 3.8) is 0 Å². The van der Waals surface area contributed by atoms with Gasteiger partial charge in [0, 0.05) is 18.8 Å². The summed E-state index contributed by atoms with van der Waals surface area (Å²) in [5.41, 5.74) is 4.86. The first-order valence-corrected chi connectivity index (χ1v) is 7.52. The molecule has 0 amide bonds. The van der Waals surface area contributed by atoms with Crippen LogP contribution in [0.2, 0.25) is 0 Å². The van der Waals surface area contributed by atoms with Crippen LogP contribution >= 0.6 is 0 Å². The Kier molecular flexibility index (Phi) is 5.39. The normalized spacial score (nSPS) is 10.8. The fraction of sp³-hybridized carbons (Fsp3) is 0.200. The summed E-state index contributed by atoms with van der Waals surface area (Å²) in [6.07, 6.45) is 6.15. The molecule has 108 valence electrons. The number of nitrogens with zero attached hydrogens (tertiary/aromatic N) is 1. The summed E-state index contributed by atoms with van der Waals surface area (Å²) in [5, 5.41) is 0. The van der Waals surface area contributed by atoms with Crippen molar-refractivity contribution < 1.29 is 0 Å². The predicted molar refractivity (Wildman–Crippen MR) is 95.5 cm³/mol. The van der Waals surface area contributed by atoms with Gasteiger partial charge in [-0.05, 0) is 42.7 Å². The van der Waals surface area contributed by atoms with Gasteiger partial charge in [-0.25, -0.2) is 0 Å². The standard InChI is InChI=1S/C20H23N/c1-4-17-7-9-18(10-8-17)11-12-19-13-15-20(16-14-19)21(5-2)6-3/h4,7-16H,1,5-6H2,2-3H3/b12-11+. The van der Waals surface area contributed by atoms with E-state index in [1.807, 2.05) is 6.08 Å². The van der Waals surface area contributed by atoms with Gasteiger partial charge in [0.1, 0.15) is 0 Å². The van der Waals surface area contributed by atoms with E-state index in [2.05, 4.69) is 86.0 Å². The Morgan fingerprint density at radius 3 is 1.62 bits per heavy atom. The Labute approximate surface area is 128 Å². The topological polar surface area (TPSA) is 3.24 Å². The van der Waals surface area contributed by atoms with Crippen molar-refractivity contribution in [2.45, 2.75) is 13.8 Å². The van der Waals surface area contributed by atoms with E-state index < -0.39 is 0 Å². The average Bonchev–Trinajstić information content (AvgIpc) is 2.55. The molecule has 0 atom stereocenters. The zero-order valence-electron chi connectivity index (χ0n) is 12.9. The number of benzene rings is 2. The highest BCUT2D eigenvalue weighted by Crippen LogP contribution is 2.16.